The summed E-state index contributed by atoms with van der Waals surface area (Å²) in [5.74, 6) is -1.57. The Balaban J connectivity index is 0.000000200. The number of fused-ring (bicyclic) bond motifs is 5. The lowest BCUT2D eigenvalue weighted by atomic mass is 9.91. The van der Waals surface area contributed by atoms with E-state index in [-0.39, 0.29) is 5.78 Å². The predicted molar refractivity (Wildman–Crippen MR) is 124 cm³/mol. The van der Waals surface area contributed by atoms with Crippen molar-refractivity contribution < 1.29 is 24.2 Å². The fourth-order valence-corrected chi connectivity index (χ4v) is 4.34. The van der Waals surface area contributed by atoms with Gasteiger partial charge in [-0.25, -0.2) is 0 Å². The number of nitrogen functional groups attached to an aromatic ring is 1. The number of ether oxygens (including phenoxy) is 2. The zero-order chi connectivity index (χ0) is 23.9. The predicted octanol–water partition coefficient (Wildman–Crippen LogP) is 3.70. The van der Waals surface area contributed by atoms with E-state index in [1.54, 1.807) is 42.5 Å². The van der Waals surface area contributed by atoms with Crippen molar-refractivity contribution in [1.29, 1.82) is 0 Å². The minimum Gasteiger partial charge on any atom is -0.496 e. The number of carbonyl (C=O) groups is 2. The summed E-state index contributed by atoms with van der Waals surface area (Å²) in [6.07, 6.45) is 0. The molecule has 5 N–H and O–H groups in total. The Labute approximate surface area is 191 Å². The second-order valence-corrected chi connectivity index (χ2v) is 8.38. The molecular formula is C26H26N2O5. The second-order valence-electron chi connectivity index (χ2n) is 8.38. The van der Waals surface area contributed by atoms with Gasteiger partial charge in [0.25, 0.3) is 5.91 Å². The molecule has 3 aromatic rings. The van der Waals surface area contributed by atoms with E-state index in [4.69, 9.17) is 20.9 Å². The normalized spacial score (nSPS) is 19.7. The van der Waals surface area contributed by atoms with Crippen LogP contribution in [0.25, 0.3) is 0 Å². The molecule has 170 valence electrons. The number of hydrogen-bond donors (Lipinski definition) is 3. The Morgan fingerprint density at radius 1 is 1.12 bits per heavy atom. The molecule has 0 saturated heterocycles. The molecule has 0 spiro atoms. The molecule has 1 heterocycles. The molecule has 0 radical (unpaired) electrons. The maximum atomic E-state index is 12.8. The van der Waals surface area contributed by atoms with E-state index in [9.17, 15) is 14.7 Å². The SMILES string of the molecule is CC(C)c1ccc2c(c1)OC1(O)c3cccc(N)c3C(=O)C21.COc1ccccc1C(N)=O. The Morgan fingerprint density at radius 3 is 2.48 bits per heavy atom. The number of nitrogens with two attached hydrogens (primary N) is 2. The third kappa shape index (κ3) is 3.60. The van der Waals surface area contributed by atoms with Gasteiger partial charge in [0.15, 0.2) is 5.78 Å². The molecule has 2 aliphatic rings. The molecule has 1 aliphatic heterocycles. The number of benzene rings is 3. The van der Waals surface area contributed by atoms with Gasteiger partial charge in [0.1, 0.15) is 17.4 Å². The van der Waals surface area contributed by atoms with Crippen LogP contribution in [-0.2, 0) is 5.79 Å². The largest absolute Gasteiger partial charge is 0.496 e. The number of para-hydroxylation sites is 1. The van der Waals surface area contributed by atoms with Crippen LogP contribution in [-0.4, -0.2) is 23.9 Å². The Morgan fingerprint density at radius 2 is 1.85 bits per heavy atom. The van der Waals surface area contributed by atoms with Crippen molar-refractivity contribution in [1.82, 2.24) is 0 Å². The van der Waals surface area contributed by atoms with Crippen molar-refractivity contribution in [3.8, 4) is 11.5 Å². The molecule has 0 saturated carbocycles. The highest BCUT2D eigenvalue weighted by Crippen LogP contribution is 2.56. The van der Waals surface area contributed by atoms with Crippen LogP contribution in [0.1, 0.15) is 63.1 Å². The minimum atomic E-state index is -1.64. The monoisotopic (exact) mass is 446 g/mol. The highest BCUT2D eigenvalue weighted by atomic mass is 16.6. The highest BCUT2D eigenvalue weighted by molar-refractivity contribution is 6.11. The van der Waals surface area contributed by atoms with Crippen molar-refractivity contribution in [3.63, 3.8) is 0 Å². The molecule has 0 bridgehead atoms. The molecule has 5 rings (SSSR count). The van der Waals surface area contributed by atoms with Gasteiger partial charge in [0.05, 0.1) is 18.2 Å². The first-order chi connectivity index (χ1) is 15.7. The number of amides is 1. The van der Waals surface area contributed by atoms with E-state index < -0.39 is 17.6 Å². The first kappa shape index (κ1) is 22.4. The van der Waals surface area contributed by atoms with Crippen molar-refractivity contribution >= 4 is 17.4 Å². The molecule has 2 unspecified atom stereocenters. The molecular weight excluding hydrogens is 420 g/mol. The Hall–Kier alpha value is -3.84. The maximum Gasteiger partial charge on any atom is 0.252 e. The highest BCUT2D eigenvalue weighted by Gasteiger charge is 2.59. The molecule has 0 aromatic heterocycles. The van der Waals surface area contributed by atoms with E-state index in [2.05, 4.69) is 13.8 Å². The van der Waals surface area contributed by atoms with Crippen molar-refractivity contribution in [2.75, 3.05) is 12.8 Å². The summed E-state index contributed by atoms with van der Waals surface area (Å²) >= 11 is 0. The number of ketones is 1. The second kappa shape index (κ2) is 8.26. The molecule has 7 heteroatoms. The number of aliphatic hydroxyl groups is 1. The van der Waals surface area contributed by atoms with E-state index in [0.29, 0.717) is 39.8 Å². The van der Waals surface area contributed by atoms with Crippen LogP contribution in [0.15, 0.2) is 60.7 Å². The summed E-state index contributed by atoms with van der Waals surface area (Å²) in [5, 5.41) is 11.0. The zero-order valence-corrected chi connectivity index (χ0v) is 18.7. The summed E-state index contributed by atoms with van der Waals surface area (Å²) in [7, 11) is 1.50. The smallest absolute Gasteiger partial charge is 0.252 e. The minimum absolute atomic E-state index is 0.174. The first-order valence-electron chi connectivity index (χ1n) is 10.6. The number of carbonyl (C=O) groups excluding carboxylic acids is 2. The van der Waals surface area contributed by atoms with Gasteiger partial charge in [-0.3, -0.25) is 9.59 Å². The lowest BCUT2D eigenvalue weighted by Gasteiger charge is -2.22. The number of Topliss-reactive ketones (excluding diaryl/α,β-unsaturated/α-hetero) is 1. The average molecular weight is 447 g/mol. The maximum absolute atomic E-state index is 12.8. The first-order valence-corrected chi connectivity index (χ1v) is 10.6. The topological polar surface area (TPSA) is 125 Å². The summed E-state index contributed by atoms with van der Waals surface area (Å²) in [4.78, 5) is 23.5. The van der Waals surface area contributed by atoms with E-state index >= 15 is 0 Å². The molecule has 33 heavy (non-hydrogen) atoms. The van der Waals surface area contributed by atoms with Crippen LogP contribution in [0.5, 0.6) is 11.5 Å². The lowest BCUT2D eigenvalue weighted by molar-refractivity contribution is -0.134. The third-order valence-corrected chi connectivity index (χ3v) is 6.04. The number of anilines is 1. The molecule has 1 amide bonds. The van der Waals surface area contributed by atoms with Gasteiger partial charge in [-0.15, -0.1) is 0 Å². The van der Waals surface area contributed by atoms with Gasteiger partial charge >= 0.3 is 0 Å². The van der Waals surface area contributed by atoms with Crippen LogP contribution < -0.4 is 20.9 Å². The van der Waals surface area contributed by atoms with E-state index in [1.807, 2.05) is 18.2 Å². The van der Waals surface area contributed by atoms with Gasteiger partial charge in [0, 0.05) is 16.8 Å². The van der Waals surface area contributed by atoms with Crippen LogP contribution in [0, 0.1) is 0 Å². The van der Waals surface area contributed by atoms with Gasteiger partial charge in [0.2, 0.25) is 5.79 Å². The van der Waals surface area contributed by atoms with Crippen LogP contribution in [0.4, 0.5) is 5.69 Å². The van der Waals surface area contributed by atoms with Gasteiger partial charge in [-0.1, -0.05) is 50.2 Å². The van der Waals surface area contributed by atoms with Gasteiger partial charge in [-0.05, 0) is 35.7 Å². The summed E-state index contributed by atoms with van der Waals surface area (Å²) in [6.45, 7) is 4.18. The van der Waals surface area contributed by atoms with Crippen molar-refractivity contribution in [2.24, 2.45) is 5.73 Å². The van der Waals surface area contributed by atoms with Crippen LogP contribution in [0.3, 0.4) is 0 Å². The van der Waals surface area contributed by atoms with E-state index in [0.717, 1.165) is 11.1 Å². The number of methoxy groups -OCH3 is 1. The number of rotatable bonds is 3. The fraction of sp³-hybridized carbons (Fsp3) is 0.231. The van der Waals surface area contributed by atoms with E-state index in [1.165, 1.54) is 7.11 Å². The quantitative estimate of drug-likeness (QED) is 0.527. The summed E-state index contributed by atoms with van der Waals surface area (Å²) < 4.78 is 10.7. The van der Waals surface area contributed by atoms with Crippen molar-refractivity contribution in [2.45, 2.75) is 31.5 Å². The molecule has 3 aromatic carbocycles. The number of hydrogen-bond acceptors (Lipinski definition) is 6. The molecule has 1 aliphatic carbocycles. The average Bonchev–Trinajstić information content (AvgIpc) is 3.21. The van der Waals surface area contributed by atoms with Gasteiger partial charge < -0.3 is 26.0 Å². The zero-order valence-electron chi connectivity index (χ0n) is 18.7. The molecule has 0 fully saturated rings. The fourth-order valence-electron chi connectivity index (χ4n) is 4.34. The Kier molecular flexibility index (Phi) is 5.59. The van der Waals surface area contributed by atoms with Crippen LogP contribution in [0.2, 0.25) is 0 Å². The summed E-state index contributed by atoms with van der Waals surface area (Å²) in [6, 6.07) is 17.7. The number of primary amides is 1. The lowest BCUT2D eigenvalue weighted by Crippen LogP contribution is -2.32. The molecule has 7 nitrogen and oxygen atoms in total. The van der Waals surface area contributed by atoms with Crippen molar-refractivity contribution in [3.05, 3.63) is 88.5 Å². The molecule has 2 atom stereocenters. The third-order valence-electron chi connectivity index (χ3n) is 6.04. The standard InChI is InChI=1S/C18H17NO3.C8H9NO2/c1-9(2)10-6-7-11-14(8-10)22-18(21)12-4-3-5-13(19)15(12)17(20)16(11)18;1-11-7-5-3-2-4-6(7)8(9)10/h3-9,16,21H,19H2,1-2H3;2-5H,1H3,(H2,9,10). The Bertz CT molecular complexity index is 1250. The van der Waals surface area contributed by atoms with Crippen LogP contribution >= 0.6 is 0 Å². The summed E-state index contributed by atoms with van der Waals surface area (Å²) in [5.41, 5.74) is 14.5. The van der Waals surface area contributed by atoms with Gasteiger partial charge in [-0.2, -0.15) is 0 Å².